The Labute approximate surface area is 149 Å². The molecule has 3 heterocycles. The van der Waals surface area contributed by atoms with Crippen LogP contribution in [0, 0.1) is 6.92 Å². The third-order valence-corrected chi connectivity index (χ3v) is 5.55. The summed E-state index contributed by atoms with van der Waals surface area (Å²) in [6.07, 6.45) is 4.09. The number of hydrogen-bond donors (Lipinski definition) is 1. The number of aromatic nitrogens is 2. The molecule has 0 radical (unpaired) electrons. The predicted octanol–water partition coefficient (Wildman–Crippen LogP) is 2.53. The summed E-state index contributed by atoms with van der Waals surface area (Å²) < 4.78 is 12.3. The molecular weight excluding hydrogens is 346 g/mol. The average Bonchev–Trinajstić information content (AvgIpc) is 3.08. The van der Waals surface area contributed by atoms with E-state index < -0.39 is 0 Å². The van der Waals surface area contributed by atoms with Crippen LogP contribution in [0.5, 0.6) is 5.75 Å². The first kappa shape index (κ1) is 17.2. The van der Waals surface area contributed by atoms with E-state index in [0.717, 1.165) is 10.0 Å². The third kappa shape index (κ3) is 4.25. The topological polar surface area (TPSA) is 73.3 Å². The highest BCUT2D eigenvalue weighted by Crippen LogP contribution is 2.21. The minimum Gasteiger partial charge on any atom is -0.484 e. The van der Waals surface area contributed by atoms with E-state index in [1.54, 1.807) is 11.6 Å². The van der Waals surface area contributed by atoms with Gasteiger partial charge in [-0.1, -0.05) is 11.8 Å². The molecule has 1 saturated heterocycles. The van der Waals surface area contributed by atoms with Crippen molar-refractivity contribution in [3.8, 4) is 5.75 Å². The van der Waals surface area contributed by atoms with Crippen molar-refractivity contribution in [2.75, 3.05) is 19.5 Å². The number of pyridine rings is 1. The molecule has 1 aliphatic rings. The largest absolute Gasteiger partial charge is 0.484 e. The van der Waals surface area contributed by atoms with Gasteiger partial charge in [-0.3, -0.25) is 9.78 Å². The molecule has 1 aliphatic heterocycles. The summed E-state index contributed by atoms with van der Waals surface area (Å²) in [5, 5.41) is 4.80. The molecule has 0 spiro atoms. The first-order valence-electron chi connectivity index (χ1n) is 7.63. The summed E-state index contributed by atoms with van der Waals surface area (Å²) in [4.78, 5) is 20.9. The number of nitrogens with zero attached hydrogens (tertiary/aromatic N) is 2. The van der Waals surface area contributed by atoms with Crippen molar-refractivity contribution in [2.45, 2.75) is 29.8 Å². The van der Waals surface area contributed by atoms with Gasteiger partial charge >= 0.3 is 0 Å². The lowest BCUT2D eigenvalue weighted by molar-refractivity contribution is -0.0136. The molecule has 1 N–H and O–H groups in total. The number of rotatable bonds is 5. The molecule has 2 aromatic rings. The number of carbonyl (C=O) groups excluding carboxylic acids is 1. The Hall–Kier alpha value is -1.64. The van der Waals surface area contributed by atoms with Gasteiger partial charge in [-0.2, -0.15) is 0 Å². The van der Waals surface area contributed by atoms with E-state index in [0.29, 0.717) is 31.1 Å². The number of carbonyl (C=O) groups is 1. The molecule has 2 unspecified atom stereocenters. The summed E-state index contributed by atoms with van der Waals surface area (Å²) in [6.45, 7) is 2.96. The summed E-state index contributed by atoms with van der Waals surface area (Å²) >= 11 is 3.00. The fraction of sp³-hybridized carbons (Fsp3) is 0.438. The van der Waals surface area contributed by atoms with Crippen LogP contribution in [-0.2, 0) is 4.74 Å². The average molecular weight is 365 g/mol. The molecule has 0 aromatic carbocycles. The van der Waals surface area contributed by atoms with Crippen LogP contribution >= 0.6 is 23.1 Å². The van der Waals surface area contributed by atoms with Crippen molar-refractivity contribution < 1.29 is 14.3 Å². The van der Waals surface area contributed by atoms with Gasteiger partial charge < -0.3 is 14.8 Å². The summed E-state index contributed by atoms with van der Waals surface area (Å²) in [5.41, 5.74) is 1.38. The number of ether oxygens (including phenoxy) is 2. The SMILES string of the molecule is CSc1nc(C(=O)NC2CCOCC2Oc2ccc(C)nc2)cs1. The summed E-state index contributed by atoms with van der Waals surface area (Å²) in [5.74, 6) is 0.503. The molecule has 2 atom stereocenters. The van der Waals surface area contributed by atoms with E-state index in [9.17, 15) is 4.79 Å². The van der Waals surface area contributed by atoms with E-state index >= 15 is 0 Å². The van der Waals surface area contributed by atoms with Crippen molar-refractivity contribution in [1.82, 2.24) is 15.3 Å². The Bertz CT molecular complexity index is 690. The highest BCUT2D eigenvalue weighted by atomic mass is 32.2. The predicted molar refractivity (Wildman–Crippen MR) is 94.0 cm³/mol. The highest BCUT2D eigenvalue weighted by molar-refractivity contribution is 8.00. The zero-order valence-electron chi connectivity index (χ0n) is 13.5. The van der Waals surface area contributed by atoms with Crippen LogP contribution in [0.25, 0.3) is 0 Å². The van der Waals surface area contributed by atoms with Crippen LogP contribution in [0.2, 0.25) is 0 Å². The van der Waals surface area contributed by atoms with Gasteiger partial charge in [0.2, 0.25) is 0 Å². The minimum absolute atomic E-state index is 0.119. The Morgan fingerprint density at radius 2 is 2.38 bits per heavy atom. The Balaban J connectivity index is 1.65. The van der Waals surface area contributed by atoms with Gasteiger partial charge in [0.1, 0.15) is 21.9 Å². The van der Waals surface area contributed by atoms with Gasteiger partial charge in [-0.25, -0.2) is 4.98 Å². The van der Waals surface area contributed by atoms with Crippen molar-refractivity contribution in [3.63, 3.8) is 0 Å². The van der Waals surface area contributed by atoms with Gasteiger partial charge in [0.05, 0.1) is 18.8 Å². The van der Waals surface area contributed by atoms with Gasteiger partial charge in [0.15, 0.2) is 0 Å². The molecule has 128 valence electrons. The fourth-order valence-electron chi connectivity index (χ4n) is 2.39. The first-order valence-corrected chi connectivity index (χ1v) is 9.73. The van der Waals surface area contributed by atoms with Gasteiger partial charge in [-0.05, 0) is 31.7 Å². The van der Waals surface area contributed by atoms with Gasteiger partial charge in [-0.15, -0.1) is 11.3 Å². The number of thiazole rings is 1. The zero-order chi connectivity index (χ0) is 16.9. The van der Waals surface area contributed by atoms with E-state index in [2.05, 4.69) is 15.3 Å². The summed E-state index contributed by atoms with van der Waals surface area (Å²) in [6, 6.07) is 3.65. The van der Waals surface area contributed by atoms with Crippen LogP contribution in [0.3, 0.4) is 0 Å². The maximum absolute atomic E-state index is 12.4. The van der Waals surface area contributed by atoms with Crippen LogP contribution < -0.4 is 10.1 Å². The molecule has 2 aromatic heterocycles. The number of amides is 1. The number of thioether (sulfide) groups is 1. The fourth-order valence-corrected chi connectivity index (χ4v) is 3.63. The Morgan fingerprint density at radius 1 is 1.50 bits per heavy atom. The Morgan fingerprint density at radius 3 is 3.08 bits per heavy atom. The monoisotopic (exact) mass is 365 g/mol. The van der Waals surface area contributed by atoms with E-state index in [1.807, 2.05) is 25.3 Å². The van der Waals surface area contributed by atoms with Crippen LogP contribution in [0.1, 0.15) is 22.6 Å². The molecule has 1 fully saturated rings. The number of aryl methyl sites for hydroxylation is 1. The highest BCUT2D eigenvalue weighted by Gasteiger charge is 2.29. The first-order chi connectivity index (χ1) is 11.7. The molecule has 3 rings (SSSR count). The second-order valence-electron chi connectivity index (χ2n) is 5.44. The van der Waals surface area contributed by atoms with E-state index in [4.69, 9.17) is 9.47 Å². The normalized spacial score (nSPS) is 20.6. The van der Waals surface area contributed by atoms with E-state index in [1.165, 1.54) is 23.1 Å². The Kier molecular flexibility index (Phi) is 5.70. The lowest BCUT2D eigenvalue weighted by Crippen LogP contribution is -2.51. The number of hydrogen-bond acceptors (Lipinski definition) is 7. The van der Waals surface area contributed by atoms with Gasteiger partial charge in [0.25, 0.3) is 5.91 Å². The molecule has 0 bridgehead atoms. The lowest BCUT2D eigenvalue weighted by Gasteiger charge is -2.32. The third-order valence-electron chi connectivity index (χ3n) is 3.68. The summed E-state index contributed by atoms with van der Waals surface area (Å²) in [7, 11) is 0. The molecule has 8 heteroatoms. The zero-order valence-corrected chi connectivity index (χ0v) is 15.2. The van der Waals surface area contributed by atoms with Crippen molar-refractivity contribution in [3.05, 3.63) is 35.1 Å². The second kappa shape index (κ2) is 7.96. The van der Waals surface area contributed by atoms with Crippen molar-refractivity contribution >= 4 is 29.0 Å². The van der Waals surface area contributed by atoms with E-state index in [-0.39, 0.29) is 18.1 Å². The number of nitrogens with one attached hydrogen (secondary N) is 1. The van der Waals surface area contributed by atoms with Gasteiger partial charge in [0, 0.05) is 17.7 Å². The van der Waals surface area contributed by atoms with Crippen molar-refractivity contribution in [2.24, 2.45) is 0 Å². The molecule has 24 heavy (non-hydrogen) atoms. The van der Waals surface area contributed by atoms with Crippen LogP contribution in [0.15, 0.2) is 28.0 Å². The standard InChI is InChI=1S/C16H19N3O3S2/c1-10-3-4-11(7-17-10)22-14-8-21-6-5-12(14)18-15(20)13-9-24-16(19-13)23-2/h3-4,7,9,12,14H,5-6,8H2,1-2H3,(H,18,20). The van der Waals surface area contributed by atoms with Crippen LogP contribution in [-0.4, -0.2) is 47.5 Å². The second-order valence-corrected chi connectivity index (χ2v) is 7.35. The minimum atomic E-state index is -0.245. The smallest absolute Gasteiger partial charge is 0.271 e. The molecule has 6 nitrogen and oxygen atoms in total. The molecule has 0 aliphatic carbocycles. The van der Waals surface area contributed by atoms with Crippen molar-refractivity contribution in [1.29, 1.82) is 0 Å². The maximum Gasteiger partial charge on any atom is 0.271 e. The quantitative estimate of drug-likeness (QED) is 0.821. The molecule has 0 saturated carbocycles. The maximum atomic E-state index is 12.4. The molecule has 1 amide bonds. The van der Waals surface area contributed by atoms with Crippen LogP contribution in [0.4, 0.5) is 0 Å². The molecular formula is C16H19N3O3S2. The lowest BCUT2D eigenvalue weighted by atomic mass is 10.1.